The van der Waals surface area contributed by atoms with Gasteiger partial charge in [-0.25, -0.2) is 0 Å². The highest BCUT2D eigenvalue weighted by atomic mass is 16.4. The fourth-order valence-electron chi connectivity index (χ4n) is 2.96. The molecule has 0 bridgehead atoms. The van der Waals surface area contributed by atoms with Gasteiger partial charge in [-0.1, -0.05) is 101 Å². The summed E-state index contributed by atoms with van der Waals surface area (Å²) in [5.41, 5.74) is 6.54. The summed E-state index contributed by atoms with van der Waals surface area (Å²) in [6, 6.07) is 9.99. The highest BCUT2D eigenvalue weighted by Crippen LogP contribution is 2.09. The van der Waals surface area contributed by atoms with Gasteiger partial charge in [-0.15, -0.1) is 0 Å². The van der Waals surface area contributed by atoms with Crippen molar-refractivity contribution in [1.29, 1.82) is 0 Å². The van der Waals surface area contributed by atoms with Crippen molar-refractivity contribution in [2.24, 2.45) is 5.73 Å². The summed E-state index contributed by atoms with van der Waals surface area (Å²) in [5, 5.41) is 8.51. The molecule has 0 radical (unpaired) electrons. The van der Waals surface area contributed by atoms with Gasteiger partial charge in [-0.05, 0) is 37.7 Å². The van der Waals surface area contributed by atoms with Crippen molar-refractivity contribution in [2.45, 2.75) is 103 Å². The topological polar surface area (TPSA) is 63.3 Å². The van der Waals surface area contributed by atoms with E-state index in [4.69, 9.17) is 10.8 Å². The largest absolute Gasteiger partial charge is 0.481 e. The van der Waals surface area contributed by atoms with Gasteiger partial charge in [0.1, 0.15) is 0 Å². The molecule has 0 saturated heterocycles. The van der Waals surface area contributed by atoms with Gasteiger partial charge < -0.3 is 10.8 Å². The van der Waals surface area contributed by atoms with Crippen LogP contribution in [0.2, 0.25) is 0 Å². The van der Waals surface area contributed by atoms with Crippen LogP contribution in [0.4, 0.5) is 0 Å². The number of carboxylic acid groups (broad SMARTS) is 1. The number of nitrogens with two attached hydrogens (primary N) is 1. The van der Waals surface area contributed by atoms with Crippen LogP contribution in [0.15, 0.2) is 42.5 Å². The quantitative estimate of drug-likeness (QED) is 0.231. The minimum absolute atomic E-state index is 0.332. The number of rotatable bonds is 16. The molecule has 0 saturated carbocycles. The Hall–Kier alpha value is -1.61. The number of carboxylic acids is 1. The Labute approximate surface area is 173 Å². The maximum absolute atomic E-state index is 10.3. The lowest BCUT2D eigenvalue weighted by Gasteiger charge is -1.99. The third-order valence-electron chi connectivity index (χ3n) is 4.73. The number of allylic oxidation sites excluding steroid dienone is 2. The van der Waals surface area contributed by atoms with E-state index in [1.165, 1.54) is 76.2 Å². The van der Waals surface area contributed by atoms with Gasteiger partial charge in [0.05, 0.1) is 0 Å². The zero-order valence-electron chi connectivity index (χ0n) is 18.1. The van der Waals surface area contributed by atoms with Crippen molar-refractivity contribution in [1.82, 2.24) is 0 Å². The smallest absolute Gasteiger partial charge is 0.303 e. The lowest BCUT2D eigenvalue weighted by molar-refractivity contribution is -0.137. The Balaban J connectivity index is 0.000000749. The van der Waals surface area contributed by atoms with Crippen LogP contribution in [0.25, 0.3) is 0 Å². The summed E-state index contributed by atoms with van der Waals surface area (Å²) >= 11 is 0. The maximum Gasteiger partial charge on any atom is 0.303 e. The Morgan fingerprint density at radius 2 is 1.32 bits per heavy atom. The molecule has 0 fully saturated rings. The summed E-state index contributed by atoms with van der Waals surface area (Å²) in [7, 11) is 0. The molecular weight excluding hydrogens is 346 g/mol. The molecule has 0 heterocycles. The zero-order chi connectivity index (χ0) is 20.7. The van der Waals surface area contributed by atoms with E-state index >= 15 is 0 Å². The van der Waals surface area contributed by atoms with Crippen LogP contribution in [-0.2, 0) is 11.3 Å². The third-order valence-corrected chi connectivity index (χ3v) is 4.73. The first-order valence-corrected chi connectivity index (χ1v) is 11.3. The van der Waals surface area contributed by atoms with E-state index in [0.29, 0.717) is 13.0 Å². The van der Waals surface area contributed by atoms with Gasteiger partial charge in [-0.3, -0.25) is 4.79 Å². The van der Waals surface area contributed by atoms with Crippen molar-refractivity contribution in [3.05, 3.63) is 48.0 Å². The van der Waals surface area contributed by atoms with Gasteiger partial charge in [-0.2, -0.15) is 0 Å². The average Bonchev–Trinajstić information content (AvgIpc) is 2.72. The molecule has 3 nitrogen and oxygen atoms in total. The molecule has 160 valence electrons. The first-order chi connectivity index (χ1) is 13.7. The Morgan fingerprint density at radius 1 is 0.821 bits per heavy atom. The first kappa shape index (κ1) is 26.4. The fourth-order valence-corrected chi connectivity index (χ4v) is 2.96. The van der Waals surface area contributed by atoms with Crippen molar-refractivity contribution in [3.8, 4) is 0 Å². The lowest BCUT2D eigenvalue weighted by Crippen LogP contribution is -1.94. The molecule has 1 aromatic carbocycles. The van der Waals surface area contributed by atoms with E-state index in [2.05, 4.69) is 19.1 Å². The standard InChI is InChI=1S/C18H34O2.C7H9N/c1-2-3-4-5-6-7-8-9-10-11-12-13-14-15-16-17-18(19)20;8-6-7-4-2-1-3-5-7/h9-10H,2-8,11-17H2,1H3,(H,19,20);1-5H,6,8H2/b10-9-;. The molecule has 1 aromatic rings. The lowest BCUT2D eigenvalue weighted by atomic mass is 10.1. The van der Waals surface area contributed by atoms with Crippen LogP contribution in [0.5, 0.6) is 0 Å². The summed E-state index contributed by atoms with van der Waals surface area (Å²) in [6.45, 7) is 2.90. The molecule has 0 atom stereocenters. The molecule has 0 aromatic heterocycles. The first-order valence-electron chi connectivity index (χ1n) is 11.3. The van der Waals surface area contributed by atoms with Crippen LogP contribution < -0.4 is 5.73 Å². The number of aliphatic carboxylic acids is 1. The molecule has 1 rings (SSSR count). The monoisotopic (exact) mass is 389 g/mol. The average molecular weight is 390 g/mol. The highest BCUT2D eigenvalue weighted by molar-refractivity contribution is 5.66. The predicted molar refractivity (Wildman–Crippen MR) is 121 cm³/mol. The van der Waals surface area contributed by atoms with E-state index in [1.54, 1.807) is 0 Å². The predicted octanol–water partition coefficient (Wildman–Crippen LogP) is 7.25. The molecule has 0 amide bonds. The van der Waals surface area contributed by atoms with Gasteiger partial charge in [0.25, 0.3) is 0 Å². The zero-order valence-corrected chi connectivity index (χ0v) is 18.1. The van der Waals surface area contributed by atoms with Crippen molar-refractivity contribution in [2.75, 3.05) is 0 Å². The maximum atomic E-state index is 10.3. The minimum atomic E-state index is -0.664. The molecule has 3 heteroatoms. The Kier molecular flexibility index (Phi) is 20.4. The molecule has 0 spiro atoms. The number of benzene rings is 1. The van der Waals surface area contributed by atoms with Gasteiger partial charge in [0.15, 0.2) is 0 Å². The van der Waals surface area contributed by atoms with Crippen molar-refractivity contribution >= 4 is 5.97 Å². The molecule has 28 heavy (non-hydrogen) atoms. The van der Waals surface area contributed by atoms with E-state index in [1.807, 2.05) is 30.3 Å². The number of hydrogen-bond acceptors (Lipinski definition) is 2. The SMILES string of the molecule is CCCCCCCC/C=C\CCCCCCCC(=O)O.NCc1ccccc1. The van der Waals surface area contributed by atoms with Crippen LogP contribution in [-0.4, -0.2) is 11.1 Å². The summed E-state index contributed by atoms with van der Waals surface area (Å²) in [6.07, 6.45) is 21.2. The molecule has 0 unspecified atom stereocenters. The van der Waals surface area contributed by atoms with Gasteiger partial charge >= 0.3 is 5.97 Å². The third kappa shape index (κ3) is 20.7. The van der Waals surface area contributed by atoms with Crippen LogP contribution >= 0.6 is 0 Å². The molecule has 0 aliphatic rings. The van der Waals surface area contributed by atoms with Crippen LogP contribution in [0.1, 0.15) is 102 Å². The second-order valence-electron chi connectivity index (χ2n) is 7.42. The highest BCUT2D eigenvalue weighted by Gasteiger charge is 1.95. The Bertz CT molecular complexity index is 471. The molecule has 3 N–H and O–H groups in total. The number of unbranched alkanes of at least 4 members (excludes halogenated alkanes) is 11. The van der Waals surface area contributed by atoms with Crippen molar-refractivity contribution in [3.63, 3.8) is 0 Å². The van der Waals surface area contributed by atoms with Crippen LogP contribution in [0, 0.1) is 0 Å². The number of hydrogen-bond donors (Lipinski definition) is 2. The molecule has 0 aliphatic heterocycles. The molecular formula is C25H43NO2. The van der Waals surface area contributed by atoms with E-state index in [9.17, 15) is 4.79 Å². The second-order valence-corrected chi connectivity index (χ2v) is 7.42. The summed E-state index contributed by atoms with van der Waals surface area (Å²) in [5.74, 6) is -0.664. The molecule has 0 aliphatic carbocycles. The van der Waals surface area contributed by atoms with Gasteiger partial charge in [0, 0.05) is 13.0 Å². The Morgan fingerprint density at radius 3 is 1.79 bits per heavy atom. The van der Waals surface area contributed by atoms with Crippen molar-refractivity contribution < 1.29 is 9.90 Å². The number of carbonyl (C=O) groups is 1. The summed E-state index contributed by atoms with van der Waals surface area (Å²) in [4.78, 5) is 10.3. The van der Waals surface area contributed by atoms with Gasteiger partial charge in [0.2, 0.25) is 0 Å². The van der Waals surface area contributed by atoms with E-state index in [0.717, 1.165) is 12.8 Å². The van der Waals surface area contributed by atoms with Crippen LogP contribution in [0.3, 0.4) is 0 Å². The van der Waals surface area contributed by atoms with E-state index in [-0.39, 0.29) is 0 Å². The fraction of sp³-hybridized carbons (Fsp3) is 0.640. The second kappa shape index (κ2) is 21.7. The minimum Gasteiger partial charge on any atom is -0.481 e. The normalized spacial score (nSPS) is 10.6. The van der Waals surface area contributed by atoms with E-state index < -0.39 is 5.97 Å². The summed E-state index contributed by atoms with van der Waals surface area (Å²) < 4.78 is 0.